The molecule has 1 fully saturated rings. The van der Waals surface area contributed by atoms with Gasteiger partial charge in [0.15, 0.2) is 0 Å². The number of carbonyl (C=O) groups excluding carboxylic acids is 1. The Labute approximate surface area is 180 Å². The molecule has 12 heteroatoms. The minimum Gasteiger partial charge on any atom is -0.480 e. The Balaban J connectivity index is 3.06. The molecule has 2 atom stereocenters. The van der Waals surface area contributed by atoms with E-state index in [-0.39, 0.29) is 38.5 Å². The molecule has 1 saturated carbocycles. The smallest absolute Gasteiger partial charge is 0.317 e. The summed E-state index contributed by atoms with van der Waals surface area (Å²) in [5, 5.41) is 36.9. The van der Waals surface area contributed by atoms with Crippen LogP contribution in [0.25, 0.3) is 0 Å². The summed E-state index contributed by atoms with van der Waals surface area (Å²) in [6, 6.07) is -0.881. The second kappa shape index (κ2) is 13.0. The first-order valence-corrected chi connectivity index (χ1v) is 10.1. The van der Waals surface area contributed by atoms with E-state index in [1.54, 1.807) is 4.90 Å². The number of carboxylic acids is 4. The highest BCUT2D eigenvalue weighted by Crippen LogP contribution is 2.27. The third-order valence-electron chi connectivity index (χ3n) is 5.16. The van der Waals surface area contributed by atoms with Gasteiger partial charge in [-0.3, -0.25) is 38.7 Å². The second-order valence-corrected chi connectivity index (χ2v) is 7.78. The molecule has 12 nitrogen and oxygen atoms in total. The minimum absolute atomic E-state index is 0.0918. The molecule has 0 aliphatic heterocycles. The third kappa shape index (κ3) is 10.3. The summed E-state index contributed by atoms with van der Waals surface area (Å²) in [6.07, 6.45) is 2.61. The Bertz CT molecular complexity index is 638. The fourth-order valence-corrected chi connectivity index (χ4v) is 4.11. The molecule has 0 spiro atoms. The summed E-state index contributed by atoms with van der Waals surface area (Å²) in [5.74, 6) is -4.80. The van der Waals surface area contributed by atoms with Gasteiger partial charge in [0.1, 0.15) is 5.78 Å². The molecule has 0 aromatic rings. The van der Waals surface area contributed by atoms with Crippen molar-refractivity contribution in [1.82, 2.24) is 14.7 Å². The molecule has 0 bridgehead atoms. The van der Waals surface area contributed by atoms with Crippen molar-refractivity contribution in [1.29, 1.82) is 0 Å². The van der Waals surface area contributed by atoms with Crippen LogP contribution in [0.1, 0.15) is 32.6 Å². The molecule has 0 amide bonds. The normalized spacial score (nSPS) is 19.0. The van der Waals surface area contributed by atoms with Crippen molar-refractivity contribution in [3.63, 3.8) is 0 Å². The van der Waals surface area contributed by atoms with E-state index in [0.717, 1.165) is 12.8 Å². The summed E-state index contributed by atoms with van der Waals surface area (Å²) in [4.78, 5) is 60.9. The van der Waals surface area contributed by atoms with Gasteiger partial charge in [0, 0.05) is 25.2 Å². The van der Waals surface area contributed by atoms with E-state index in [1.165, 1.54) is 16.7 Å². The van der Waals surface area contributed by atoms with E-state index < -0.39 is 49.1 Å². The number of ketones is 1. The number of hydrogen-bond donors (Lipinski definition) is 4. The maximum Gasteiger partial charge on any atom is 0.317 e. The molecule has 0 aromatic carbocycles. The predicted octanol–water partition coefficient (Wildman–Crippen LogP) is -0.869. The highest BCUT2D eigenvalue weighted by Gasteiger charge is 2.36. The Morgan fingerprint density at radius 1 is 0.645 bits per heavy atom. The first-order valence-electron chi connectivity index (χ1n) is 10.1. The van der Waals surface area contributed by atoms with E-state index in [0.29, 0.717) is 12.8 Å². The molecule has 0 saturated heterocycles. The fourth-order valence-electron chi connectivity index (χ4n) is 4.11. The van der Waals surface area contributed by atoms with Gasteiger partial charge in [0.25, 0.3) is 0 Å². The number of aliphatic carboxylic acids is 4. The molecule has 1 rings (SSSR count). The highest BCUT2D eigenvalue weighted by molar-refractivity contribution is 5.78. The molecule has 176 valence electrons. The summed E-state index contributed by atoms with van der Waals surface area (Å²) >= 11 is 0. The average molecular weight is 445 g/mol. The van der Waals surface area contributed by atoms with Crippen LogP contribution in [0.2, 0.25) is 0 Å². The lowest BCUT2D eigenvalue weighted by Crippen LogP contribution is -2.57. The lowest BCUT2D eigenvalue weighted by Gasteiger charge is -2.44. The standard InChI is InChI=1S/C19H31N3O9/c1-13(23)8-20(9-16(24)25)6-7-21(10-17(26)27)14-4-2-3-5-15(14)22(11-18(28)29)12-19(30)31/h14-15H,2-12H2,1H3,(H,24,25)(H,26,27)(H,28,29)(H,30,31). The van der Waals surface area contributed by atoms with Crippen LogP contribution in [0.5, 0.6) is 0 Å². The maximum atomic E-state index is 11.5. The monoisotopic (exact) mass is 445 g/mol. The molecule has 0 aromatic heterocycles. The predicted molar refractivity (Wildman–Crippen MR) is 107 cm³/mol. The van der Waals surface area contributed by atoms with E-state index >= 15 is 0 Å². The van der Waals surface area contributed by atoms with Crippen molar-refractivity contribution < 1.29 is 44.4 Å². The van der Waals surface area contributed by atoms with Crippen molar-refractivity contribution in [2.24, 2.45) is 0 Å². The van der Waals surface area contributed by atoms with Gasteiger partial charge >= 0.3 is 23.9 Å². The van der Waals surface area contributed by atoms with Crippen LogP contribution in [0, 0.1) is 0 Å². The Morgan fingerprint density at radius 3 is 1.48 bits per heavy atom. The SMILES string of the molecule is CC(=O)CN(CCN(CC(=O)O)C1CCCCC1N(CC(=O)O)CC(=O)O)CC(=O)O. The minimum atomic E-state index is -1.18. The van der Waals surface area contributed by atoms with Crippen molar-refractivity contribution >= 4 is 29.7 Å². The number of carboxylic acid groups (broad SMARTS) is 4. The van der Waals surface area contributed by atoms with E-state index in [4.69, 9.17) is 5.11 Å². The molecule has 31 heavy (non-hydrogen) atoms. The Morgan fingerprint density at radius 2 is 1.06 bits per heavy atom. The van der Waals surface area contributed by atoms with Gasteiger partial charge in [-0.05, 0) is 19.8 Å². The molecule has 1 aliphatic rings. The summed E-state index contributed by atoms with van der Waals surface area (Å²) in [7, 11) is 0. The number of Topliss-reactive ketones (excluding diaryl/α,β-unsaturated/α-hetero) is 1. The highest BCUT2D eigenvalue weighted by atomic mass is 16.4. The van der Waals surface area contributed by atoms with Gasteiger partial charge in [-0.25, -0.2) is 0 Å². The van der Waals surface area contributed by atoms with Crippen molar-refractivity contribution in [2.75, 3.05) is 45.8 Å². The molecular formula is C19H31N3O9. The van der Waals surface area contributed by atoms with Crippen LogP contribution in [0.15, 0.2) is 0 Å². The van der Waals surface area contributed by atoms with Crippen LogP contribution in [0.4, 0.5) is 0 Å². The summed E-state index contributed by atoms with van der Waals surface area (Å²) in [5.41, 5.74) is 0. The topological polar surface area (TPSA) is 176 Å². The van der Waals surface area contributed by atoms with Crippen LogP contribution >= 0.6 is 0 Å². The molecule has 4 N–H and O–H groups in total. The van der Waals surface area contributed by atoms with Crippen LogP contribution in [-0.2, 0) is 24.0 Å². The third-order valence-corrected chi connectivity index (χ3v) is 5.16. The first-order chi connectivity index (χ1) is 14.5. The van der Waals surface area contributed by atoms with E-state index in [9.17, 15) is 39.3 Å². The lowest BCUT2D eigenvalue weighted by atomic mass is 9.87. The van der Waals surface area contributed by atoms with Crippen molar-refractivity contribution in [3.8, 4) is 0 Å². The Kier molecular flexibility index (Phi) is 11.1. The number of nitrogens with zero attached hydrogens (tertiary/aromatic N) is 3. The summed E-state index contributed by atoms with van der Waals surface area (Å²) in [6.45, 7) is -0.201. The van der Waals surface area contributed by atoms with E-state index in [1.807, 2.05) is 0 Å². The van der Waals surface area contributed by atoms with Gasteiger partial charge in [-0.1, -0.05) is 12.8 Å². The fraction of sp³-hybridized carbons (Fsp3) is 0.737. The zero-order chi connectivity index (χ0) is 23.6. The van der Waals surface area contributed by atoms with Gasteiger partial charge in [-0.2, -0.15) is 0 Å². The molecule has 0 heterocycles. The van der Waals surface area contributed by atoms with Gasteiger partial charge < -0.3 is 20.4 Å². The van der Waals surface area contributed by atoms with Crippen LogP contribution in [0.3, 0.4) is 0 Å². The molecule has 0 radical (unpaired) electrons. The largest absolute Gasteiger partial charge is 0.480 e. The van der Waals surface area contributed by atoms with Gasteiger partial charge in [-0.15, -0.1) is 0 Å². The van der Waals surface area contributed by atoms with Crippen molar-refractivity contribution in [2.45, 2.75) is 44.7 Å². The van der Waals surface area contributed by atoms with Gasteiger partial charge in [0.05, 0.1) is 32.7 Å². The Hall–Kier alpha value is -2.57. The summed E-state index contributed by atoms with van der Waals surface area (Å²) < 4.78 is 0. The second-order valence-electron chi connectivity index (χ2n) is 7.78. The quantitative estimate of drug-likeness (QED) is 0.245. The molecule has 1 aliphatic carbocycles. The molecule has 2 unspecified atom stereocenters. The number of carbonyl (C=O) groups is 5. The van der Waals surface area contributed by atoms with Crippen LogP contribution in [-0.4, -0.2) is 123 Å². The zero-order valence-corrected chi connectivity index (χ0v) is 17.6. The maximum absolute atomic E-state index is 11.5. The lowest BCUT2D eigenvalue weighted by molar-refractivity contribution is -0.146. The average Bonchev–Trinajstić information content (AvgIpc) is 2.62. The van der Waals surface area contributed by atoms with Gasteiger partial charge in [0.2, 0.25) is 0 Å². The zero-order valence-electron chi connectivity index (χ0n) is 17.6. The number of rotatable bonds is 15. The van der Waals surface area contributed by atoms with Crippen LogP contribution < -0.4 is 0 Å². The number of hydrogen-bond acceptors (Lipinski definition) is 8. The van der Waals surface area contributed by atoms with Crippen molar-refractivity contribution in [3.05, 3.63) is 0 Å². The molecular weight excluding hydrogens is 414 g/mol. The first kappa shape index (κ1) is 26.5. The van der Waals surface area contributed by atoms with E-state index in [2.05, 4.69) is 0 Å².